The summed E-state index contributed by atoms with van der Waals surface area (Å²) in [6, 6.07) is 1.21. The molecule has 0 spiro atoms. The third-order valence-corrected chi connectivity index (χ3v) is 3.15. The fraction of sp³-hybridized carbons (Fsp3) is 0.0667. The molecule has 0 heterocycles. The van der Waals surface area contributed by atoms with Crippen LogP contribution in [0, 0.1) is 58.6 Å². The molecule has 0 bridgehead atoms. The van der Waals surface area contributed by atoms with Crippen LogP contribution >= 0.6 is 0 Å². The lowest BCUT2D eigenvalue weighted by Gasteiger charge is -2.10. The highest BCUT2D eigenvalue weighted by atomic mass is 19.2. The summed E-state index contributed by atoms with van der Waals surface area (Å²) in [5.41, 5.74) is -5.10. The molecule has 0 aliphatic heterocycles. The Bertz CT molecular complexity index is 910. The van der Waals surface area contributed by atoms with E-state index in [4.69, 9.17) is 11.8 Å². The Morgan fingerprint density at radius 3 is 1.88 bits per heavy atom. The van der Waals surface area contributed by atoms with Crippen molar-refractivity contribution in [3.8, 4) is 6.07 Å². The zero-order valence-corrected chi connectivity index (χ0v) is 11.3. The first-order valence-corrected chi connectivity index (χ1v) is 6.03. The molecule has 0 saturated carbocycles. The van der Waals surface area contributed by atoms with E-state index in [9.17, 15) is 30.7 Å². The zero-order chi connectivity index (χ0) is 18.2. The number of rotatable bonds is 2. The SMILES string of the molecule is [C-]#[N+]c1c(F)cc(Cc2c(F)c(F)c(C#N)c(F)c2F)c(F)c1F. The van der Waals surface area contributed by atoms with Gasteiger partial charge in [0.05, 0.1) is 6.57 Å². The molecule has 0 aliphatic carbocycles. The first-order valence-electron chi connectivity index (χ1n) is 6.03. The second-order valence-corrected chi connectivity index (χ2v) is 4.50. The molecule has 122 valence electrons. The van der Waals surface area contributed by atoms with E-state index < -0.39 is 69.5 Å². The largest absolute Gasteiger partial charge is 0.259 e. The van der Waals surface area contributed by atoms with Crippen molar-refractivity contribution in [2.24, 2.45) is 0 Å². The average molecular weight is 344 g/mol. The molecule has 9 heteroatoms. The van der Waals surface area contributed by atoms with E-state index in [2.05, 4.69) is 4.85 Å². The van der Waals surface area contributed by atoms with Crippen molar-refractivity contribution in [1.29, 1.82) is 5.26 Å². The Balaban J connectivity index is 2.67. The Labute approximate surface area is 130 Å². The molecule has 0 saturated heterocycles. The molecule has 0 aliphatic rings. The summed E-state index contributed by atoms with van der Waals surface area (Å²) >= 11 is 0. The molecule has 0 aromatic heterocycles. The van der Waals surface area contributed by atoms with Crippen molar-refractivity contribution < 1.29 is 30.7 Å². The first kappa shape index (κ1) is 17.3. The van der Waals surface area contributed by atoms with Gasteiger partial charge in [0.1, 0.15) is 17.4 Å². The molecular weight excluding hydrogens is 341 g/mol. The van der Waals surface area contributed by atoms with Crippen molar-refractivity contribution >= 4 is 5.69 Å². The van der Waals surface area contributed by atoms with E-state index in [1.807, 2.05) is 0 Å². The van der Waals surface area contributed by atoms with Gasteiger partial charge in [0.15, 0.2) is 34.9 Å². The average Bonchev–Trinajstić information content (AvgIpc) is 2.55. The number of nitriles is 1. The van der Waals surface area contributed by atoms with Gasteiger partial charge in [-0.05, 0) is 11.6 Å². The highest BCUT2D eigenvalue weighted by molar-refractivity contribution is 5.50. The molecule has 0 fully saturated rings. The topological polar surface area (TPSA) is 28.1 Å². The molecule has 2 aromatic carbocycles. The van der Waals surface area contributed by atoms with Crippen LogP contribution in [0.25, 0.3) is 4.85 Å². The van der Waals surface area contributed by atoms with Gasteiger partial charge in [-0.25, -0.2) is 35.6 Å². The maximum absolute atomic E-state index is 13.8. The van der Waals surface area contributed by atoms with Crippen molar-refractivity contribution in [3.05, 3.63) is 74.9 Å². The van der Waals surface area contributed by atoms with E-state index >= 15 is 0 Å². The Kier molecular flexibility index (Phi) is 4.47. The normalized spacial score (nSPS) is 10.4. The monoisotopic (exact) mass is 344 g/mol. The number of hydrogen-bond donors (Lipinski definition) is 0. The van der Waals surface area contributed by atoms with Gasteiger partial charge in [0.25, 0.3) is 5.69 Å². The smallest absolute Gasteiger partial charge is 0.232 e. The summed E-state index contributed by atoms with van der Waals surface area (Å²) in [7, 11) is 0. The standard InChI is InChI=1S/C15H3F7N2/c1-24-15-8(16)3-5(9(17)14(15)22)2-6-10(18)12(20)7(4-23)13(21)11(6)19/h3H,2H2. The highest BCUT2D eigenvalue weighted by Gasteiger charge is 2.27. The van der Waals surface area contributed by atoms with Gasteiger partial charge in [0.2, 0.25) is 0 Å². The fourth-order valence-electron chi connectivity index (χ4n) is 1.99. The molecular formula is C15H3F7N2. The fourth-order valence-corrected chi connectivity index (χ4v) is 1.99. The number of nitrogens with zero attached hydrogens (tertiary/aromatic N) is 2. The molecule has 24 heavy (non-hydrogen) atoms. The summed E-state index contributed by atoms with van der Waals surface area (Å²) in [6.07, 6.45) is -1.24. The van der Waals surface area contributed by atoms with E-state index in [-0.39, 0.29) is 0 Å². The quantitative estimate of drug-likeness (QED) is 0.442. The first-order chi connectivity index (χ1) is 11.2. The van der Waals surface area contributed by atoms with Crippen molar-refractivity contribution in [3.63, 3.8) is 0 Å². The van der Waals surface area contributed by atoms with Crippen LogP contribution < -0.4 is 0 Å². The van der Waals surface area contributed by atoms with Crippen LogP contribution in [0.4, 0.5) is 36.4 Å². The summed E-state index contributed by atoms with van der Waals surface area (Å²) < 4.78 is 95.2. The van der Waals surface area contributed by atoms with Crippen LogP contribution in [0.15, 0.2) is 6.07 Å². The molecule has 0 amide bonds. The lowest BCUT2D eigenvalue weighted by atomic mass is 10.00. The molecule has 0 radical (unpaired) electrons. The second-order valence-electron chi connectivity index (χ2n) is 4.50. The summed E-state index contributed by atoms with van der Waals surface area (Å²) in [6.45, 7) is 6.51. The van der Waals surface area contributed by atoms with Gasteiger partial charge < -0.3 is 0 Å². The Morgan fingerprint density at radius 2 is 1.42 bits per heavy atom. The maximum atomic E-state index is 13.8. The van der Waals surface area contributed by atoms with Crippen molar-refractivity contribution in [1.82, 2.24) is 0 Å². The van der Waals surface area contributed by atoms with Crippen LogP contribution in [-0.2, 0) is 6.42 Å². The Morgan fingerprint density at radius 1 is 0.875 bits per heavy atom. The number of halogens is 7. The molecule has 2 nitrogen and oxygen atoms in total. The van der Waals surface area contributed by atoms with Gasteiger partial charge in [0, 0.05) is 12.0 Å². The van der Waals surface area contributed by atoms with Crippen LogP contribution in [0.3, 0.4) is 0 Å². The zero-order valence-electron chi connectivity index (χ0n) is 11.3. The second kappa shape index (κ2) is 6.20. The van der Waals surface area contributed by atoms with Gasteiger partial charge in [-0.1, -0.05) is 0 Å². The van der Waals surface area contributed by atoms with E-state index in [0.717, 1.165) is 6.07 Å². The van der Waals surface area contributed by atoms with E-state index in [1.165, 1.54) is 0 Å². The van der Waals surface area contributed by atoms with Gasteiger partial charge in [-0.3, -0.25) is 0 Å². The van der Waals surface area contributed by atoms with Crippen LogP contribution in [0.2, 0.25) is 0 Å². The predicted molar refractivity (Wildman–Crippen MR) is 66.4 cm³/mol. The molecule has 0 N–H and O–H groups in total. The third kappa shape index (κ3) is 2.54. The summed E-state index contributed by atoms with van der Waals surface area (Å²) in [5.74, 6) is -13.2. The minimum Gasteiger partial charge on any atom is -0.232 e. The van der Waals surface area contributed by atoms with E-state index in [1.54, 1.807) is 0 Å². The molecule has 2 rings (SSSR count). The van der Waals surface area contributed by atoms with Gasteiger partial charge in [-0.15, -0.1) is 0 Å². The number of benzene rings is 2. The maximum Gasteiger partial charge on any atom is 0.259 e. The summed E-state index contributed by atoms with van der Waals surface area (Å²) in [5, 5.41) is 8.45. The van der Waals surface area contributed by atoms with Crippen LogP contribution in [0.1, 0.15) is 16.7 Å². The van der Waals surface area contributed by atoms with Crippen LogP contribution in [0.5, 0.6) is 0 Å². The lowest BCUT2D eigenvalue weighted by Crippen LogP contribution is -2.09. The Hall–Kier alpha value is -3.07. The minimum atomic E-state index is -2.01. The highest BCUT2D eigenvalue weighted by Crippen LogP contribution is 2.31. The molecule has 2 aromatic rings. The van der Waals surface area contributed by atoms with Crippen molar-refractivity contribution in [2.45, 2.75) is 6.42 Å². The van der Waals surface area contributed by atoms with Gasteiger partial charge in [-0.2, -0.15) is 5.26 Å². The number of hydrogen-bond acceptors (Lipinski definition) is 1. The van der Waals surface area contributed by atoms with E-state index in [0.29, 0.717) is 6.07 Å². The van der Waals surface area contributed by atoms with Gasteiger partial charge >= 0.3 is 0 Å². The third-order valence-electron chi connectivity index (χ3n) is 3.15. The van der Waals surface area contributed by atoms with Crippen LogP contribution in [-0.4, -0.2) is 0 Å². The minimum absolute atomic E-state index is 0.290. The van der Waals surface area contributed by atoms with Crippen molar-refractivity contribution in [2.75, 3.05) is 0 Å². The lowest BCUT2D eigenvalue weighted by molar-refractivity contribution is 0.436. The summed E-state index contributed by atoms with van der Waals surface area (Å²) in [4.78, 5) is 2.42. The molecule has 0 atom stereocenters. The predicted octanol–water partition coefficient (Wildman–Crippen LogP) is 4.67. The molecule has 0 unspecified atom stereocenters.